The van der Waals surface area contributed by atoms with Gasteiger partial charge in [-0.3, -0.25) is 0 Å². The van der Waals surface area contributed by atoms with E-state index in [9.17, 15) is 36.0 Å². The molecule has 0 aromatic heterocycles. The summed E-state index contributed by atoms with van der Waals surface area (Å²) in [4.78, 5) is 2.12. The number of benzene rings is 2. The average Bonchev–Trinajstić information content (AvgIpc) is 3.09. The zero-order chi connectivity index (χ0) is 30.8. The molecule has 1 N–H and O–H groups in total. The third kappa shape index (κ3) is 10.5. The molecule has 0 radical (unpaired) electrons. The second kappa shape index (κ2) is 16.1. The third-order valence-electron chi connectivity index (χ3n) is 7.75. The first-order chi connectivity index (χ1) is 19.9. The van der Waals surface area contributed by atoms with Gasteiger partial charge in [0, 0.05) is 19.4 Å². The first kappa shape index (κ1) is 34.3. The molecule has 0 heterocycles. The summed E-state index contributed by atoms with van der Waals surface area (Å²) in [5, 5.41) is 10.0. The largest absolute Gasteiger partial charge is 0.616 e. The number of rotatable bonds is 16. The number of fused-ring (bicyclic) bond motifs is 1. The zero-order valence-electron chi connectivity index (χ0n) is 24.1. The van der Waals surface area contributed by atoms with Crippen molar-refractivity contribution in [3.63, 3.8) is 0 Å². The molecule has 0 amide bonds. The Morgan fingerprint density at radius 1 is 0.857 bits per heavy atom. The predicted molar refractivity (Wildman–Crippen MR) is 158 cm³/mol. The van der Waals surface area contributed by atoms with E-state index in [1.54, 1.807) is 6.07 Å². The molecule has 0 saturated carbocycles. The monoisotopic (exact) mass is 617 g/mol. The molecule has 1 aliphatic carbocycles. The second-order valence-corrected chi connectivity index (χ2v) is 12.8. The van der Waals surface area contributed by atoms with Crippen LogP contribution in [0, 0.1) is 5.82 Å². The number of unbranched alkanes of at least 4 members (excludes halogenated alkanes) is 3. The van der Waals surface area contributed by atoms with E-state index in [-0.39, 0.29) is 23.1 Å². The maximum absolute atomic E-state index is 13.6. The highest BCUT2D eigenvalue weighted by Crippen LogP contribution is 2.40. The van der Waals surface area contributed by atoms with Gasteiger partial charge in [-0.05, 0) is 111 Å². The summed E-state index contributed by atoms with van der Waals surface area (Å²) in [7, 11) is 1.96. The van der Waals surface area contributed by atoms with Gasteiger partial charge in [-0.2, -0.15) is 22.0 Å². The normalized spacial score (nSPS) is 15.2. The van der Waals surface area contributed by atoms with Crippen LogP contribution in [0.5, 0.6) is 5.75 Å². The van der Waals surface area contributed by atoms with Crippen molar-refractivity contribution in [2.75, 3.05) is 31.6 Å². The van der Waals surface area contributed by atoms with Gasteiger partial charge in [-0.25, -0.2) is 4.39 Å². The molecule has 42 heavy (non-hydrogen) atoms. The number of aryl methyl sites for hydroxylation is 1. The van der Waals surface area contributed by atoms with Crippen LogP contribution in [0.15, 0.2) is 42.5 Å². The van der Waals surface area contributed by atoms with E-state index >= 15 is 0 Å². The van der Waals surface area contributed by atoms with Crippen molar-refractivity contribution in [3.05, 3.63) is 65.0 Å². The van der Waals surface area contributed by atoms with E-state index in [4.69, 9.17) is 0 Å². The van der Waals surface area contributed by atoms with Gasteiger partial charge in [0.2, 0.25) is 0 Å². The highest BCUT2D eigenvalue weighted by molar-refractivity contribution is 7.91. The number of hydrogen-bond donors (Lipinski definition) is 1. The summed E-state index contributed by atoms with van der Waals surface area (Å²) in [5.41, 5.74) is 5.85. The minimum atomic E-state index is -5.56. The molecule has 0 bridgehead atoms. The standard InChI is InChI=1S/C32H41F6NO2S/c1-39(20-8-22-42(41)21-7-18-31(34,35)32(36,37)38)19-5-3-2-4-10-30-28(24-12-14-26(33)15-13-24)11-6-9-25-23-27(40)16-17-29(25)30/h12-17,23,40H,2-11,18-22H2,1H3. The van der Waals surface area contributed by atoms with Gasteiger partial charge in [0.25, 0.3) is 0 Å². The minimum absolute atomic E-state index is 0.152. The van der Waals surface area contributed by atoms with Crippen LogP contribution < -0.4 is 0 Å². The minimum Gasteiger partial charge on any atom is -0.616 e. The van der Waals surface area contributed by atoms with E-state index in [0.717, 1.165) is 74.6 Å². The molecule has 2 aromatic carbocycles. The Morgan fingerprint density at radius 3 is 2.24 bits per heavy atom. The maximum atomic E-state index is 13.6. The Kier molecular flexibility index (Phi) is 13.1. The molecular weight excluding hydrogens is 576 g/mol. The smallest absolute Gasteiger partial charge is 0.453 e. The van der Waals surface area contributed by atoms with Crippen molar-refractivity contribution in [3.8, 4) is 5.75 Å². The number of hydrogen-bond acceptors (Lipinski definition) is 3. The van der Waals surface area contributed by atoms with Gasteiger partial charge < -0.3 is 14.6 Å². The zero-order valence-corrected chi connectivity index (χ0v) is 24.9. The fourth-order valence-corrected chi connectivity index (χ4v) is 6.57. The summed E-state index contributed by atoms with van der Waals surface area (Å²) >= 11 is -1.41. The van der Waals surface area contributed by atoms with Crippen molar-refractivity contribution < 1.29 is 36.0 Å². The lowest BCUT2D eigenvalue weighted by Crippen LogP contribution is -2.36. The van der Waals surface area contributed by atoms with Crippen LogP contribution in [0.25, 0.3) is 11.1 Å². The fourth-order valence-electron chi connectivity index (χ4n) is 5.45. The van der Waals surface area contributed by atoms with Gasteiger partial charge in [0.1, 0.15) is 23.1 Å². The predicted octanol–water partition coefficient (Wildman–Crippen LogP) is 8.78. The average molecular weight is 618 g/mol. The van der Waals surface area contributed by atoms with Crippen molar-refractivity contribution in [2.24, 2.45) is 0 Å². The lowest BCUT2D eigenvalue weighted by atomic mass is 9.89. The van der Waals surface area contributed by atoms with Crippen LogP contribution in [0.1, 0.15) is 80.9 Å². The third-order valence-corrected chi connectivity index (χ3v) is 9.24. The first-order valence-corrected chi connectivity index (χ1v) is 16.1. The Labute approximate surface area is 248 Å². The van der Waals surface area contributed by atoms with Gasteiger partial charge in [-0.1, -0.05) is 42.2 Å². The summed E-state index contributed by atoms with van der Waals surface area (Å²) in [6, 6.07) is 12.2. The molecular formula is C32H41F6NO2S. The van der Waals surface area contributed by atoms with Gasteiger partial charge >= 0.3 is 12.1 Å². The quantitative estimate of drug-likeness (QED) is 0.116. The molecule has 0 fully saturated rings. The topological polar surface area (TPSA) is 46.5 Å². The van der Waals surface area contributed by atoms with E-state index < -0.39 is 36.1 Å². The summed E-state index contributed by atoms with van der Waals surface area (Å²) in [5.74, 6) is -4.60. The van der Waals surface area contributed by atoms with Crippen LogP contribution in [0.3, 0.4) is 0 Å². The molecule has 3 nitrogen and oxygen atoms in total. The van der Waals surface area contributed by atoms with Crippen molar-refractivity contribution >= 4 is 22.3 Å². The molecule has 1 unspecified atom stereocenters. The summed E-state index contributed by atoms with van der Waals surface area (Å²) < 4.78 is 88.2. The molecule has 0 saturated heterocycles. The number of allylic oxidation sites excluding steroid dienone is 2. The first-order valence-electron chi connectivity index (χ1n) is 14.7. The molecule has 1 atom stereocenters. The number of alkyl halides is 5. The number of nitrogens with zero attached hydrogens (tertiary/aromatic N) is 1. The Hall–Kier alpha value is -2.17. The Morgan fingerprint density at radius 2 is 1.52 bits per heavy atom. The van der Waals surface area contributed by atoms with Crippen molar-refractivity contribution in [1.82, 2.24) is 4.90 Å². The molecule has 234 valence electrons. The molecule has 10 heteroatoms. The number of phenolic OH excluding ortho intramolecular Hbond substituents is 1. The SMILES string of the molecule is CN(CCCCCCC1=C(c2ccc(F)cc2)CCCc2cc(O)ccc21)CCC[S+]([O-])CCCC(F)(F)C(F)(F)F. The summed E-state index contributed by atoms with van der Waals surface area (Å²) in [6.07, 6.45) is 0.949. The van der Waals surface area contributed by atoms with Crippen molar-refractivity contribution in [1.29, 1.82) is 0 Å². The highest BCUT2D eigenvalue weighted by Gasteiger charge is 2.56. The number of aromatic hydroxyl groups is 1. The van der Waals surface area contributed by atoms with E-state index in [1.807, 2.05) is 31.3 Å². The van der Waals surface area contributed by atoms with E-state index in [0.29, 0.717) is 13.0 Å². The van der Waals surface area contributed by atoms with Crippen LogP contribution in [-0.2, 0) is 17.6 Å². The van der Waals surface area contributed by atoms with Crippen LogP contribution in [-0.4, -0.2) is 58.3 Å². The van der Waals surface area contributed by atoms with Crippen LogP contribution >= 0.6 is 0 Å². The molecule has 2 aromatic rings. The molecule has 0 spiro atoms. The highest BCUT2D eigenvalue weighted by atomic mass is 32.2. The van der Waals surface area contributed by atoms with Crippen molar-refractivity contribution in [2.45, 2.75) is 82.7 Å². The Balaban J connectivity index is 1.40. The maximum Gasteiger partial charge on any atom is 0.453 e. The van der Waals surface area contributed by atoms with Gasteiger partial charge in [0.05, 0.1) is 0 Å². The molecule has 3 rings (SSSR count). The fraction of sp³-hybridized carbons (Fsp3) is 0.562. The Bertz CT molecular complexity index is 1150. The second-order valence-electron chi connectivity index (χ2n) is 11.1. The van der Waals surface area contributed by atoms with Crippen LogP contribution in [0.4, 0.5) is 26.3 Å². The molecule has 0 aliphatic heterocycles. The van der Waals surface area contributed by atoms with E-state index in [2.05, 4.69) is 4.90 Å². The van der Waals surface area contributed by atoms with Gasteiger partial charge in [-0.15, -0.1) is 0 Å². The number of phenols is 1. The van der Waals surface area contributed by atoms with Gasteiger partial charge in [0.15, 0.2) is 0 Å². The summed E-state index contributed by atoms with van der Waals surface area (Å²) in [6.45, 7) is 1.54. The molecule has 1 aliphatic rings. The van der Waals surface area contributed by atoms with Crippen LogP contribution in [0.2, 0.25) is 0 Å². The lowest BCUT2D eigenvalue weighted by molar-refractivity contribution is -0.284. The number of halogens is 6. The van der Waals surface area contributed by atoms with E-state index in [1.165, 1.54) is 23.3 Å². The lowest BCUT2D eigenvalue weighted by Gasteiger charge is -2.20.